The van der Waals surface area contributed by atoms with E-state index in [9.17, 15) is 0 Å². The molecule has 1 saturated heterocycles. The lowest BCUT2D eigenvalue weighted by molar-refractivity contribution is 0.222. The van der Waals surface area contributed by atoms with Crippen LogP contribution in [0.15, 0.2) is 0 Å². The SMILES string of the molecule is CCNc1nc(NCC2CCCS2)nc(OC(C)C)n1. The summed E-state index contributed by atoms with van der Waals surface area (Å²) in [5.74, 6) is 2.40. The maximum atomic E-state index is 5.57. The van der Waals surface area contributed by atoms with Crippen molar-refractivity contribution >= 4 is 23.7 Å². The molecule has 1 aromatic heterocycles. The molecule has 0 bridgehead atoms. The number of hydrogen-bond donors (Lipinski definition) is 2. The Bertz CT molecular complexity index is 423. The zero-order valence-corrected chi connectivity index (χ0v) is 13.2. The molecule has 0 saturated carbocycles. The Morgan fingerprint density at radius 3 is 2.60 bits per heavy atom. The fraction of sp³-hybridized carbons (Fsp3) is 0.769. The van der Waals surface area contributed by atoms with E-state index in [2.05, 4.69) is 25.6 Å². The number of aromatic nitrogens is 3. The maximum absolute atomic E-state index is 5.57. The molecule has 1 aliphatic rings. The smallest absolute Gasteiger partial charge is 0.323 e. The van der Waals surface area contributed by atoms with Gasteiger partial charge in [0.25, 0.3) is 0 Å². The number of anilines is 2. The normalized spacial score (nSPS) is 18.3. The lowest BCUT2D eigenvalue weighted by Gasteiger charge is -2.13. The summed E-state index contributed by atoms with van der Waals surface area (Å²) < 4.78 is 5.57. The van der Waals surface area contributed by atoms with Crippen LogP contribution in [0.5, 0.6) is 6.01 Å². The van der Waals surface area contributed by atoms with Crippen molar-refractivity contribution in [2.75, 3.05) is 29.5 Å². The number of ether oxygens (including phenoxy) is 1. The molecular formula is C13H23N5OS. The van der Waals surface area contributed by atoms with Gasteiger partial charge in [0.05, 0.1) is 6.10 Å². The van der Waals surface area contributed by atoms with Crippen LogP contribution in [-0.4, -0.2) is 45.1 Å². The molecule has 0 amide bonds. The first-order valence-electron chi connectivity index (χ1n) is 7.19. The second-order valence-corrected chi connectivity index (χ2v) is 6.39. The molecule has 112 valence electrons. The summed E-state index contributed by atoms with van der Waals surface area (Å²) >= 11 is 2.01. The Kier molecular flexibility index (Phi) is 5.70. The number of nitrogens with one attached hydrogen (secondary N) is 2. The minimum atomic E-state index is 0.0464. The van der Waals surface area contributed by atoms with Gasteiger partial charge in [-0.2, -0.15) is 26.7 Å². The average Bonchev–Trinajstić information content (AvgIpc) is 2.89. The highest BCUT2D eigenvalue weighted by atomic mass is 32.2. The van der Waals surface area contributed by atoms with E-state index in [1.165, 1.54) is 18.6 Å². The number of rotatable bonds is 7. The van der Waals surface area contributed by atoms with E-state index in [-0.39, 0.29) is 6.10 Å². The lowest BCUT2D eigenvalue weighted by Crippen LogP contribution is -2.18. The first-order valence-corrected chi connectivity index (χ1v) is 8.24. The second kappa shape index (κ2) is 7.52. The van der Waals surface area contributed by atoms with Crippen LogP contribution in [0.4, 0.5) is 11.9 Å². The Balaban J connectivity index is 2.02. The fourth-order valence-corrected chi connectivity index (χ4v) is 3.15. The molecule has 1 aromatic rings. The van der Waals surface area contributed by atoms with Gasteiger partial charge in [-0.25, -0.2) is 0 Å². The molecule has 6 nitrogen and oxygen atoms in total. The molecule has 1 aliphatic heterocycles. The molecule has 0 radical (unpaired) electrons. The van der Waals surface area contributed by atoms with E-state index in [0.29, 0.717) is 23.2 Å². The van der Waals surface area contributed by atoms with E-state index in [1.807, 2.05) is 32.5 Å². The average molecular weight is 297 g/mol. The Morgan fingerprint density at radius 1 is 1.25 bits per heavy atom. The van der Waals surface area contributed by atoms with E-state index >= 15 is 0 Å². The van der Waals surface area contributed by atoms with Gasteiger partial charge in [0.2, 0.25) is 11.9 Å². The summed E-state index contributed by atoms with van der Waals surface area (Å²) in [6.45, 7) is 7.58. The third-order valence-electron chi connectivity index (χ3n) is 2.80. The minimum absolute atomic E-state index is 0.0464. The van der Waals surface area contributed by atoms with Gasteiger partial charge in [0.1, 0.15) is 0 Å². The molecule has 7 heteroatoms. The third-order valence-corrected chi connectivity index (χ3v) is 4.20. The zero-order chi connectivity index (χ0) is 14.4. The summed E-state index contributed by atoms with van der Waals surface area (Å²) in [5.41, 5.74) is 0. The molecule has 1 atom stereocenters. The van der Waals surface area contributed by atoms with Crippen molar-refractivity contribution in [2.45, 2.75) is 45.0 Å². The van der Waals surface area contributed by atoms with Crippen LogP contribution in [0.3, 0.4) is 0 Å². The van der Waals surface area contributed by atoms with Crippen molar-refractivity contribution in [1.82, 2.24) is 15.0 Å². The quantitative estimate of drug-likeness (QED) is 0.800. The molecule has 0 aromatic carbocycles. The topological polar surface area (TPSA) is 72.0 Å². The monoisotopic (exact) mass is 297 g/mol. The van der Waals surface area contributed by atoms with Gasteiger partial charge >= 0.3 is 6.01 Å². The van der Waals surface area contributed by atoms with Gasteiger partial charge < -0.3 is 15.4 Å². The number of thioether (sulfide) groups is 1. The summed E-state index contributed by atoms with van der Waals surface area (Å²) in [6.07, 6.45) is 2.61. The van der Waals surface area contributed by atoms with Crippen molar-refractivity contribution in [3.8, 4) is 6.01 Å². The molecule has 1 unspecified atom stereocenters. The van der Waals surface area contributed by atoms with Crippen molar-refractivity contribution in [3.63, 3.8) is 0 Å². The summed E-state index contributed by atoms with van der Waals surface area (Å²) in [5, 5.41) is 7.05. The molecule has 0 aliphatic carbocycles. The van der Waals surface area contributed by atoms with Crippen LogP contribution in [0.2, 0.25) is 0 Å². The molecule has 2 N–H and O–H groups in total. The predicted octanol–water partition coefficient (Wildman–Crippen LogP) is 2.40. The molecule has 2 heterocycles. The van der Waals surface area contributed by atoms with E-state index in [1.54, 1.807) is 0 Å². The van der Waals surface area contributed by atoms with Gasteiger partial charge in [-0.1, -0.05) is 0 Å². The Morgan fingerprint density at radius 2 is 2.00 bits per heavy atom. The second-order valence-electron chi connectivity index (χ2n) is 4.98. The standard InChI is InChI=1S/C13H23N5OS/c1-4-14-11-16-12(15-8-10-6-5-7-20-10)18-13(17-11)19-9(2)3/h9-10H,4-8H2,1-3H3,(H2,14,15,16,17,18). The van der Waals surface area contributed by atoms with Gasteiger partial charge in [-0.15, -0.1) is 0 Å². The highest BCUT2D eigenvalue weighted by Gasteiger charge is 2.16. The molecule has 1 fully saturated rings. The Labute approximate surface area is 124 Å². The first kappa shape index (κ1) is 15.2. The maximum Gasteiger partial charge on any atom is 0.323 e. The molecule has 20 heavy (non-hydrogen) atoms. The lowest BCUT2D eigenvalue weighted by atomic mass is 10.2. The largest absolute Gasteiger partial charge is 0.461 e. The Hall–Kier alpha value is -1.24. The zero-order valence-electron chi connectivity index (χ0n) is 12.3. The fourth-order valence-electron chi connectivity index (χ4n) is 1.95. The predicted molar refractivity (Wildman–Crippen MR) is 83.7 cm³/mol. The number of hydrogen-bond acceptors (Lipinski definition) is 7. The summed E-state index contributed by atoms with van der Waals surface area (Å²) in [7, 11) is 0. The van der Waals surface area contributed by atoms with Crippen molar-refractivity contribution in [1.29, 1.82) is 0 Å². The van der Waals surface area contributed by atoms with Crippen molar-refractivity contribution in [3.05, 3.63) is 0 Å². The van der Waals surface area contributed by atoms with E-state index < -0.39 is 0 Å². The van der Waals surface area contributed by atoms with Gasteiger partial charge in [-0.05, 0) is 39.4 Å². The van der Waals surface area contributed by atoms with Gasteiger partial charge in [-0.3, -0.25) is 0 Å². The third kappa shape index (κ3) is 4.70. The van der Waals surface area contributed by atoms with Crippen LogP contribution in [0.1, 0.15) is 33.6 Å². The van der Waals surface area contributed by atoms with E-state index in [4.69, 9.17) is 4.74 Å². The van der Waals surface area contributed by atoms with E-state index in [0.717, 1.165) is 13.1 Å². The summed E-state index contributed by atoms with van der Waals surface area (Å²) in [4.78, 5) is 12.9. The molecule has 0 spiro atoms. The number of nitrogens with zero attached hydrogens (tertiary/aromatic N) is 3. The summed E-state index contributed by atoms with van der Waals surface area (Å²) in [6, 6.07) is 0.368. The van der Waals surface area contributed by atoms with Crippen LogP contribution in [0, 0.1) is 0 Å². The minimum Gasteiger partial charge on any atom is -0.461 e. The van der Waals surface area contributed by atoms with Gasteiger partial charge in [0.15, 0.2) is 0 Å². The first-order chi connectivity index (χ1) is 9.67. The van der Waals surface area contributed by atoms with Crippen LogP contribution in [0.25, 0.3) is 0 Å². The van der Waals surface area contributed by atoms with Crippen LogP contribution < -0.4 is 15.4 Å². The van der Waals surface area contributed by atoms with Gasteiger partial charge in [0, 0.05) is 18.3 Å². The molecular weight excluding hydrogens is 274 g/mol. The highest BCUT2D eigenvalue weighted by molar-refractivity contribution is 8.00. The van der Waals surface area contributed by atoms with Crippen molar-refractivity contribution in [2.24, 2.45) is 0 Å². The van der Waals surface area contributed by atoms with Crippen molar-refractivity contribution < 1.29 is 4.74 Å². The van der Waals surface area contributed by atoms with Crippen LogP contribution in [-0.2, 0) is 0 Å². The van der Waals surface area contributed by atoms with Crippen LogP contribution >= 0.6 is 11.8 Å². The molecule has 2 rings (SSSR count). The highest BCUT2D eigenvalue weighted by Crippen LogP contribution is 2.26.